The second-order valence-corrected chi connectivity index (χ2v) is 6.36. The molecule has 2 aromatic heterocycles. The van der Waals surface area contributed by atoms with Crippen molar-refractivity contribution in [3.05, 3.63) is 60.8 Å². The molecule has 0 atom stereocenters. The van der Waals surface area contributed by atoms with Gasteiger partial charge in [0, 0.05) is 43.3 Å². The first-order chi connectivity index (χ1) is 13.7. The average molecular weight is 377 g/mol. The quantitative estimate of drug-likeness (QED) is 0.738. The Kier molecular flexibility index (Phi) is 4.76. The number of carbonyl (C=O) groups excluding carboxylic acids is 2. The van der Waals surface area contributed by atoms with E-state index in [0.29, 0.717) is 41.5 Å². The lowest BCUT2D eigenvalue weighted by atomic mass is 10.2. The standard InChI is InChI=1S/C20H19N5O3/c1-28-17-11-15(5-6-16(17)25-9-2-3-19(25)26)23-20(27)14-4-7-18(22-12-14)24-10-8-21-13-24/h4-8,10-13H,2-3,9H2,1H3,(H,23,27). The lowest BCUT2D eigenvalue weighted by molar-refractivity contribution is -0.117. The van der Waals surface area contributed by atoms with Gasteiger partial charge in [0.25, 0.3) is 5.91 Å². The van der Waals surface area contributed by atoms with Crippen LogP contribution in [0.4, 0.5) is 11.4 Å². The second-order valence-electron chi connectivity index (χ2n) is 6.36. The van der Waals surface area contributed by atoms with Gasteiger partial charge in [-0.15, -0.1) is 0 Å². The molecule has 3 aromatic rings. The van der Waals surface area contributed by atoms with Crippen molar-refractivity contribution in [3.63, 3.8) is 0 Å². The molecule has 1 N–H and O–H groups in total. The minimum Gasteiger partial charge on any atom is -0.494 e. The van der Waals surface area contributed by atoms with E-state index in [0.717, 1.165) is 6.42 Å². The average Bonchev–Trinajstić information content (AvgIpc) is 3.40. The first-order valence-electron chi connectivity index (χ1n) is 8.90. The third-order valence-corrected chi connectivity index (χ3v) is 4.58. The van der Waals surface area contributed by atoms with Gasteiger partial charge < -0.3 is 15.0 Å². The summed E-state index contributed by atoms with van der Waals surface area (Å²) in [5.74, 6) is 1.02. The lowest BCUT2D eigenvalue weighted by Gasteiger charge is -2.19. The topological polar surface area (TPSA) is 89.3 Å². The third kappa shape index (κ3) is 3.44. The normalized spacial score (nSPS) is 13.6. The minimum absolute atomic E-state index is 0.0825. The van der Waals surface area contributed by atoms with Gasteiger partial charge in [-0.2, -0.15) is 0 Å². The summed E-state index contributed by atoms with van der Waals surface area (Å²) < 4.78 is 7.18. The highest BCUT2D eigenvalue weighted by Crippen LogP contribution is 2.33. The van der Waals surface area contributed by atoms with E-state index in [4.69, 9.17) is 4.74 Å². The molecule has 28 heavy (non-hydrogen) atoms. The fraction of sp³-hybridized carbons (Fsp3) is 0.200. The first-order valence-corrected chi connectivity index (χ1v) is 8.90. The van der Waals surface area contributed by atoms with Crippen LogP contribution in [-0.2, 0) is 4.79 Å². The van der Waals surface area contributed by atoms with Crippen LogP contribution in [-0.4, -0.2) is 40.0 Å². The monoisotopic (exact) mass is 377 g/mol. The summed E-state index contributed by atoms with van der Waals surface area (Å²) in [6.45, 7) is 0.676. The molecule has 1 aliphatic heterocycles. The number of hydrogen-bond donors (Lipinski definition) is 1. The molecule has 0 unspecified atom stereocenters. The van der Waals surface area contributed by atoms with Crippen molar-refractivity contribution in [1.29, 1.82) is 0 Å². The van der Waals surface area contributed by atoms with Gasteiger partial charge in [-0.3, -0.25) is 14.2 Å². The number of ether oxygens (including phenoxy) is 1. The van der Waals surface area contributed by atoms with E-state index >= 15 is 0 Å². The number of benzene rings is 1. The van der Waals surface area contributed by atoms with Gasteiger partial charge >= 0.3 is 0 Å². The molecule has 8 heteroatoms. The number of pyridine rings is 1. The molecule has 1 fully saturated rings. The number of hydrogen-bond acceptors (Lipinski definition) is 5. The van der Waals surface area contributed by atoms with E-state index in [1.165, 1.54) is 6.20 Å². The van der Waals surface area contributed by atoms with Gasteiger partial charge in [0.05, 0.1) is 18.4 Å². The van der Waals surface area contributed by atoms with Gasteiger partial charge in [-0.05, 0) is 30.7 Å². The number of aromatic nitrogens is 3. The van der Waals surface area contributed by atoms with Crippen LogP contribution in [0.2, 0.25) is 0 Å². The highest BCUT2D eigenvalue weighted by atomic mass is 16.5. The molecule has 1 aliphatic rings. The van der Waals surface area contributed by atoms with E-state index < -0.39 is 0 Å². The van der Waals surface area contributed by atoms with Crippen LogP contribution < -0.4 is 15.0 Å². The molecular formula is C20H19N5O3. The highest BCUT2D eigenvalue weighted by molar-refractivity contribution is 6.04. The van der Waals surface area contributed by atoms with Crippen molar-refractivity contribution in [2.75, 3.05) is 23.9 Å². The minimum atomic E-state index is -0.281. The summed E-state index contributed by atoms with van der Waals surface area (Å²) in [5, 5.41) is 2.83. The van der Waals surface area contributed by atoms with Gasteiger partial charge in [0.1, 0.15) is 17.9 Å². The Hall–Kier alpha value is -3.68. The molecule has 142 valence electrons. The Morgan fingerprint density at radius 2 is 2.14 bits per heavy atom. The molecule has 2 amide bonds. The van der Waals surface area contributed by atoms with Gasteiger partial charge in [-0.1, -0.05) is 0 Å². The zero-order valence-electron chi connectivity index (χ0n) is 15.3. The predicted octanol–water partition coefficient (Wildman–Crippen LogP) is 2.66. The number of carbonyl (C=O) groups is 2. The van der Waals surface area contributed by atoms with E-state index in [1.54, 1.807) is 65.6 Å². The number of nitrogens with zero attached hydrogens (tertiary/aromatic N) is 4. The molecule has 0 radical (unpaired) electrons. The van der Waals surface area contributed by atoms with E-state index in [-0.39, 0.29) is 11.8 Å². The van der Waals surface area contributed by atoms with Crippen LogP contribution in [0.3, 0.4) is 0 Å². The maximum Gasteiger partial charge on any atom is 0.257 e. The molecule has 0 bridgehead atoms. The predicted molar refractivity (Wildman–Crippen MR) is 104 cm³/mol. The summed E-state index contributed by atoms with van der Waals surface area (Å²) in [6, 6.07) is 8.71. The maximum atomic E-state index is 12.5. The zero-order valence-corrected chi connectivity index (χ0v) is 15.3. The van der Waals surface area contributed by atoms with Crippen LogP contribution in [0, 0.1) is 0 Å². The SMILES string of the molecule is COc1cc(NC(=O)c2ccc(-n3ccnc3)nc2)ccc1N1CCCC1=O. The molecule has 8 nitrogen and oxygen atoms in total. The third-order valence-electron chi connectivity index (χ3n) is 4.58. The summed E-state index contributed by atoms with van der Waals surface area (Å²) in [7, 11) is 1.55. The van der Waals surface area contributed by atoms with Crippen LogP contribution in [0.25, 0.3) is 5.82 Å². The van der Waals surface area contributed by atoms with E-state index in [9.17, 15) is 9.59 Å². The summed E-state index contributed by atoms with van der Waals surface area (Å²) in [4.78, 5) is 34.5. The van der Waals surface area contributed by atoms with Crippen molar-refractivity contribution in [3.8, 4) is 11.6 Å². The lowest BCUT2D eigenvalue weighted by Crippen LogP contribution is -2.24. The Labute approximate surface area is 161 Å². The largest absolute Gasteiger partial charge is 0.494 e. The van der Waals surface area contributed by atoms with Crippen LogP contribution in [0.5, 0.6) is 5.75 Å². The van der Waals surface area contributed by atoms with Gasteiger partial charge in [-0.25, -0.2) is 9.97 Å². The number of methoxy groups -OCH3 is 1. The molecule has 1 aromatic carbocycles. The Bertz CT molecular complexity index is 999. The number of amides is 2. The van der Waals surface area contributed by atoms with Crippen molar-refractivity contribution in [2.45, 2.75) is 12.8 Å². The zero-order chi connectivity index (χ0) is 19.5. The molecule has 3 heterocycles. The summed E-state index contributed by atoms with van der Waals surface area (Å²) in [6.07, 6.45) is 7.97. The Morgan fingerprint density at radius 3 is 2.79 bits per heavy atom. The molecule has 4 rings (SSSR count). The number of anilines is 2. The van der Waals surface area contributed by atoms with Crippen molar-refractivity contribution in [2.24, 2.45) is 0 Å². The maximum absolute atomic E-state index is 12.5. The Morgan fingerprint density at radius 1 is 1.25 bits per heavy atom. The van der Waals surface area contributed by atoms with E-state index in [1.807, 2.05) is 0 Å². The number of imidazole rings is 1. The molecule has 0 aliphatic carbocycles. The number of rotatable bonds is 5. The van der Waals surface area contributed by atoms with Crippen LogP contribution in [0.15, 0.2) is 55.2 Å². The van der Waals surface area contributed by atoms with Crippen LogP contribution >= 0.6 is 0 Å². The molecule has 0 saturated carbocycles. The van der Waals surface area contributed by atoms with Crippen molar-refractivity contribution in [1.82, 2.24) is 14.5 Å². The van der Waals surface area contributed by atoms with E-state index in [2.05, 4.69) is 15.3 Å². The fourth-order valence-electron chi connectivity index (χ4n) is 3.15. The smallest absolute Gasteiger partial charge is 0.257 e. The second kappa shape index (κ2) is 7.51. The van der Waals surface area contributed by atoms with Gasteiger partial charge in [0.2, 0.25) is 5.91 Å². The summed E-state index contributed by atoms with van der Waals surface area (Å²) >= 11 is 0. The fourth-order valence-corrected chi connectivity index (χ4v) is 3.15. The Balaban J connectivity index is 1.50. The van der Waals surface area contributed by atoms with Crippen molar-refractivity contribution >= 4 is 23.2 Å². The van der Waals surface area contributed by atoms with Crippen LogP contribution in [0.1, 0.15) is 23.2 Å². The van der Waals surface area contributed by atoms with Gasteiger partial charge in [0.15, 0.2) is 0 Å². The number of nitrogens with one attached hydrogen (secondary N) is 1. The van der Waals surface area contributed by atoms with Crippen molar-refractivity contribution < 1.29 is 14.3 Å². The molecule has 0 spiro atoms. The summed E-state index contributed by atoms with van der Waals surface area (Å²) in [5.41, 5.74) is 1.73. The highest BCUT2D eigenvalue weighted by Gasteiger charge is 2.24. The first kappa shape index (κ1) is 17.7. The molecule has 1 saturated heterocycles. The molecular weight excluding hydrogens is 358 g/mol.